The minimum atomic E-state index is -0.843. The first-order valence-corrected chi connectivity index (χ1v) is 14.4. The molecule has 0 N–H and O–H groups in total. The Kier molecular flexibility index (Phi) is 8.54. The van der Waals surface area contributed by atoms with Crippen LogP contribution in [0.25, 0.3) is 11.0 Å². The molecule has 0 bridgehead atoms. The molecule has 1 amide bonds. The van der Waals surface area contributed by atoms with Crippen molar-refractivity contribution in [3.63, 3.8) is 0 Å². The molecule has 3 aromatic carbocycles. The summed E-state index contributed by atoms with van der Waals surface area (Å²) in [5.41, 5.74) is 1.55. The summed E-state index contributed by atoms with van der Waals surface area (Å²) in [6, 6.07) is 15.8. The van der Waals surface area contributed by atoms with Crippen molar-refractivity contribution in [3.8, 4) is 11.5 Å². The fraction of sp³-hybridized carbons (Fsp3) is 0.303. The first-order valence-electron chi connectivity index (χ1n) is 14.0. The number of carbonyl (C=O) groups excluding carboxylic acids is 2. The summed E-state index contributed by atoms with van der Waals surface area (Å²) in [6.07, 6.45) is 0.879. The van der Waals surface area contributed by atoms with Crippen LogP contribution in [0.3, 0.4) is 0 Å². The Hall–Kier alpha value is -4.30. The van der Waals surface area contributed by atoms with E-state index >= 15 is 0 Å². The van der Waals surface area contributed by atoms with E-state index in [1.54, 1.807) is 61.5 Å². The van der Waals surface area contributed by atoms with Gasteiger partial charge in [-0.2, -0.15) is 0 Å². The molecule has 0 radical (unpaired) electrons. The van der Waals surface area contributed by atoms with Crippen molar-refractivity contribution >= 4 is 40.1 Å². The second kappa shape index (κ2) is 12.3. The van der Waals surface area contributed by atoms with Crippen LogP contribution in [-0.4, -0.2) is 31.7 Å². The van der Waals surface area contributed by atoms with Gasteiger partial charge in [0.2, 0.25) is 5.76 Å². The third-order valence-corrected chi connectivity index (χ3v) is 7.26. The number of rotatable bonds is 10. The molecule has 9 heteroatoms. The number of hydrogen-bond donors (Lipinski definition) is 0. The number of benzene rings is 3. The van der Waals surface area contributed by atoms with Crippen LogP contribution >= 0.6 is 11.6 Å². The molecule has 4 aromatic rings. The lowest BCUT2D eigenvalue weighted by molar-refractivity contribution is 0.0526. The Labute approximate surface area is 248 Å². The minimum Gasteiger partial charge on any atom is -0.490 e. The molecule has 218 valence electrons. The van der Waals surface area contributed by atoms with Gasteiger partial charge >= 0.3 is 5.97 Å². The van der Waals surface area contributed by atoms with Gasteiger partial charge in [0.05, 0.1) is 42.4 Å². The van der Waals surface area contributed by atoms with Crippen molar-refractivity contribution in [1.29, 1.82) is 0 Å². The molecule has 1 aliphatic heterocycles. The lowest BCUT2D eigenvalue weighted by Crippen LogP contribution is -2.29. The van der Waals surface area contributed by atoms with E-state index in [0.717, 1.165) is 6.42 Å². The van der Waals surface area contributed by atoms with E-state index in [9.17, 15) is 14.4 Å². The first kappa shape index (κ1) is 29.2. The number of hydrogen-bond acceptors (Lipinski definition) is 7. The Balaban J connectivity index is 1.66. The number of fused-ring (bicyclic) bond motifs is 2. The third kappa shape index (κ3) is 5.59. The number of anilines is 1. The molecule has 1 aliphatic rings. The molecular formula is C33H32ClNO7. The average Bonchev–Trinajstić information content (AvgIpc) is 3.26. The van der Waals surface area contributed by atoms with Crippen LogP contribution in [0.1, 0.15) is 72.2 Å². The largest absolute Gasteiger partial charge is 0.490 e. The van der Waals surface area contributed by atoms with Crippen molar-refractivity contribution < 1.29 is 28.2 Å². The molecule has 0 spiro atoms. The molecule has 5 rings (SSSR count). The number of halogens is 1. The highest BCUT2D eigenvalue weighted by molar-refractivity contribution is 6.31. The third-order valence-electron chi connectivity index (χ3n) is 7.02. The number of carbonyl (C=O) groups is 2. The van der Waals surface area contributed by atoms with Gasteiger partial charge in [0, 0.05) is 10.7 Å². The monoisotopic (exact) mass is 589 g/mol. The fourth-order valence-corrected chi connectivity index (χ4v) is 5.16. The smallest absolute Gasteiger partial charge is 0.338 e. The van der Waals surface area contributed by atoms with E-state index in [2.05, 4.69) is 13.8 Å². The Morgan fingerprint density at radius 1 is 0.952 bits per heavy atom. The van der Waals surface area contributed by atoms with Crippen LogP contribution in [0.4, 0.5) is 5.69 Å². The van der Waals surface area contributed by atoms with Crippen molar-refractivity contribution in [3.05, 3.63) is 98.4 Å². The van der Waals surface area contributed by atoms with E-state index in [-0.39, 0.29) is 34.3 Å². The molecular weight excluding hydrogens is 558 g/mol. The summed E-state index contributed by atoms with van der Waals surface area (Å²) in [5, 5.41) is 0.654. The highest BCUT2D eigenvalue weighted by Crippen LogP contribution is 2.43. The quantitative estimate of drug-likeness (QED) is 0.181. The predicted molar refractivity (Wildman–Crippen MR) is 161 cm³/mol. The number of esters is 1. The Bertz CT molecular complexity index is 1690. The van der Waals surface area contributed by atoms with E-state index in [1.165, 1.54) is 4.90 Å². The predicted octanol–water partition coefficient (Wildman–Crippen LogP) is 7.20. The van der Waals surface area contributed by atoms with Gasteiger partial charge in [-0.3, -0.25) is 14.5 Å². The molecule has 1 aromatic heterocycles. The topological polar surface area (TPSA) is 95.3 Å². The molecule has 8 nitrogen and oxygen atoms in total. The first-order chi connectivity index (χ1) is 20.2. The zero-order chi connectivity index (χ0) is 30.0. The Morgan fingerprint density at radius 3 is 2.40 bits per heavy atom. The molecule has 1 unspecified atom stereocenters. The molecule has 42 heavy (non-hydrogen) atoms. The molecule has 2 heterocycles. The van der Waals surface area contributed by atoms with Crippen molar-refractivity contribution in [2.45, 2.75) is 40.2 Å². The Morgan fingerprint density at radius 2 is 1.71 bits per heavy atom. The van der Waals surface area contributed by atoms with Crippen molar-refractivity contribution in [1.82, 2.24) is 0 Å². The highest BCUT2D eigenvalue weighted by Gasteiger charge is 2.44. The van der Waals surface area contributed by atoms with E-state index in [0.29, 0.717) is 52.5 Å². The molecule has 0 saturated heterocycles. The van der Waals surface area contributed by atoms with Crippen LogP contribution in [0, 0.1) is 5.92 Å². The maximum atomic E-state index is 14.0. The van der Waals surface area contributed by atoms with Gasteiger partial charge in [-0.15, -0.1) is 0 Å². The number of nitrogens with zero attached hydrogens (tertiary/aromatic N) is 1. The van der Waals surface area contributed by atoms with Gasteiger partial charge in [0.1, 0.15) is 5.58 Å². The van der Waals surface area contributed by atoms with E-state index < -0.39 is 17.9 Å². The van der Waals surface area contributed by atoms with E-state index in [1.807, 2.05) is 13.0 Å². The lowest BCUT2D eigenvalue weighted by Gasteiger charge is -2.26. The van der Waals surface area contributed by atoms with Crippen LogP contribution in [0.15, 0.2) is 69.9 Å². The fourth-order valence-electron chi connectivity index (χ4n) is 4.99. The van der Waals surface area contributed by atoms with Gasteiger partial charge < -0.3 is 18.6 Å². The zero-order valence-corrected chi connectivity index (χ0v) is 24.7. The number of amides is 1. The molecule has 0 saturated carbocycles. The summed E-state index contributed by atoms with van der Waals surface area (Å²) < 4.78 is 23.1. The summed E-state index contributed by atoms with van der Waals surface area (Å²) in [7, 11) is 0. The van der Waals surface area contributed by atoms with Gasteiger partial charge in [0.25, 0.3) is 5.91 Å². The zero-order valence-electron chi connectivity index (χ0n) is 23.9. The van der Waals surface area contributed by atoms with Crippen LogP contribution < -0.4 is 19.8 Å². The average molecular weight is 590 g/mol. The summed E-state index contributed by atoms with van der Waals surface area (Å²) in [4.78, 5) is 41.7. The summed E-state index contributed by atoms with van der Waals surface area (Å²) >= 11 is 6.22. The highest BCUT2D eigenvalue weighted by atomic mass is 35.5. The molecule has 0 fully saturated rings. The summed E-state index contributed by atoms with van der Waals surface area (Å²) in [5.74, 6) is 0.560. The SMILES string of the molecule is CCOC(=O)c1ccc(N2C(=O)c3oc4ccc(Cl)cc4c(=O)c3C2c2ccc(OCCC(C)C)c(OCC)c2)cc1. The van der Waals surface area contributed by atoms with Crippen molar-refractivity contribution in [2.75, 3.05) is 24.7 Å². The van der Waals surface area contributed by atoms with Crippen LogP contribution in [0.5, 0.6) is 11.5 Å². The maximum Gasteiger partial charge on any atom is 0.338 e. The minimum absolute atomic E-state index is 0.0514. The van der Waals surface area contributed by atoms with Crippen LogP contribution in [-0.2, 0) is 4.74 Å². The normalized spacial score (nSPS) is 14.4. The lowest BCUT2D eigenvalue weighted by atomic mass is 9.97. The molecule has 1 atom stereocenters. The van der Waals surface area contributed by atoms with Gasteiger partial charge in [-0.05, 0) is 86.3 Å². The second-order valence-corrected chi connectivity index (χ2v) is 10.8. The van der Waals surface area contributed by atoms with Gasteiger partial charge in [-0.25, -0.2) is 4.79 Å². The maximum absolute atomic E-state index is 14.0. The van der Waals surface area contributed by atoms with Crippen molar-refractivity contribution in [2.24, 2.45) is 5.92 Å². The van der Waals surface area contributed by atoms with Gasteiger partial charge in [-0.1, -0.05) is 31.5 Å². The van der Waals surface area contributed by atoms with E-state index in [4.69, 9.17) is 30.2 Å². The van der Waals surface area contributed by atoms with Crippen LogP contribution in [0.2, 0.25) is 5.02 Å². The molecule has 0 aliphatic carbocycles. The summed E-state index contributed by atoms with van der Waals surface area (Å²) in [6.45, 7) is 9.02. The standard InChI is InChI=1S/C33H32ClNO7/c1-5-39-27-17-21(9-13-26(27)41-16-15-19(3)4)29-28-30(36)24-18-22(34)10-14-25(24)42-31(28)32(37)35(29)23-11-7-20(8-12-23)33(38)40-6-2/h7-14,17-19,29H,5-6,15-16H2,1-4H3. The number of ether oxygens (including phenoxy) is 3. The second-order valence-electron chi connectivity index (χ2n) is 10.3. The van der Waals surface area contributed by atoms with Gasteiger partial charge in [0.15, 0.2) is 16.9 Å².